The molecule has 2 aliphatic rings. The van der Waals surface area contributed by atoms with Crippen molar-refractivity contribution < 1.29 is 9.72 Å². The van der Waals surface area contributed by atoms with Crippen LogP contribution in [0, 0.1) is 16.0 Å². The smallest absolute Gasteiger partial charge is 0.272 e. The lowest BCUT2D eigenvalue weighted by Gasteiger charge is -2.33. The zero-order valence-corrected chi connectivity index (χ0v) is 17.1. The quantitative estimate of drug-likeness (QED) is 0.529. The summed E-state index contributed by atoms with van der Waals surface area (Å²) >= 11 is 0. The van der Waals surface area contributed by atoms with Crippen molar-refractivity contribution in [3.63, 3.8) is 0 Å². The van der Waals surface area contributed by atoms with Crippen LogP contribution in [0.5, 0.6) is 0 Å². The molecule has 7 heteroatoms. The molecule has 0 N–H and O–H groups in total. The van der Waals surface area contributed by atoms with Gasteiger partial charge in [-0.25, -0.2) is 0 Å². The Kier molecular flexibility index (Phi) is 6.87. The molecule has 1 fully saturated rings. The zero-order chi connectivity index (χ0) is 19.5. The second kappa shape index (κ2) is 9.37. The third kappa shape index (κ3) is 4.77. The average Bonchev–Trinajstić information content (AvgIpc) is 3.03. The summed E-state index contributed by atoms with van der Waals surface area (Å²) in [6, 6.07) is 14.9. The predicted octanol–water partition coefficient (Wildman–Crippen LogP) is 3.93. The van der Waals surface area contributed by atoms with Crippen LogP contribution in [0.25, 0.3) is 0 Å². The number of benzene rings is 2. The van der Waals surface area contributed by atoms with Gasteiger partial charge in [0, 0.05) is 36.8 Å². The number of fused-ring (bicyclic) bond motifs is 1. The van der Waals surface area contributed by atoms with Crippen molar-refractivity contribution in [1.29, 1.82) is 0 Å². The van der Waals surface area contributed by atoms with Gasteiger partial charge in [0.15, 0.2) is 0 Å². The molecule has 2 aromatic carbocycles. The number of hydrogen-bond donors (Lipinski definition) is 0. The van der Waals surface area contributed by atoms with Gasteiger partial charge in [0.05, 0.1) is 4.92 Å². The molecule has 0 bridgehead atoms. The van der Waals surface area contributed by atoms with Crippen molar-refractivity contribution in [2.45, 2.75) is 25.8 Å². The second-order valence-electron chi connectivity index (χ2n) is 7.76. The highest BCUT2D eigenvalue weighted by atomic mass is 35.5. The minimum atomic E-state index is -0.299. The Morgan fingerprint density at radius 3 is 2.45 bits per heavy atom. The number of carbonyl (C=O) groups is 1. The van der Waals surface area contributed by atoms with E-state index in [0.717, 1.165) is 62.3 Å². The van der Waals surface area contributed by atoms with Gasteiger partial charge in [0.1, 0.15) is 0 Å². The number of nitrogens with zero attached hydrogens (tertiary/aromatic N) is 3. The van der Waals surface area contributed by atoms with Gasteiger partial charge in [0.2, 0.25) is 0 Å². The maximum absolute atomic E-state index is 12.5. The normalized spacial score (nSPS) is 17.1. The van der Waals surface area contributed by atoms with Crippen LogP contribution in [0.4, 0.5) is 5.69 Å². The second-order valence-corrected chi connectivity index (χ2v) is 7.76. The monoisotopic (exact) mass is 415 g/mol. The van der Waals surface area contributed by atoms with Crippen molar-refractivity contribution in [3.8, 4) is 0 Å². The minimum absolute atomic E-state index is 0. The Labute approximate surface area is 177 Å². The number of nitro groups is 1. The lowest BCUT2D eigenvalue weighted by molar-refractivity contribution is -0.385. The van der Waals surface area contributed by atoms with Gasteiger partial charge in [-0.1, -0.05) is 36.4 Å². The van der Waals surface area contributed by atoms with Gasteiger partial charge >= 0.3 is 0 Å². The Hall–Kier alpha value is -2.44. The van der Waals surface area contributed by atoms with E-state index in [9.17, 15) is 14.9 Å². The minimum Gasteiger partial charge on any atom is -0.334 e. The molecule has 6 nitrogen and oxygen atoms in total. The molecule has 0 aromatic heterocycles. The van der Waals surface area contributed by atoms with Gasteiger partial charge in [0.25, 0.3) is 11.6 Å². The van der Waals surface area contributed by atoms with E-state index < -0.39 is 0 Å². The summed E-state index contributed by atoms with van der Waals surface area (Å²) in [5, 5.41) is 11.1. The van der Waals surface area contributed by atoms with Crippen LogP contribution in [-0.4, -0.2) is 46.8 Å². The molecular weight excluding hydrogens is 390 g/mol. The maximum atomic E-state index is 12.5. The average molecular weight is 416 g/mol. The first-order valence-corrected chi connectivity index (χ1v) is 9.93. The van der Waals surface area contributed by atoms with Crippen LogP contribution in [0.2, 0.25) is 0 Å². The molecule has 2 aromatic rings. The SMILES string of the molecule is Cl.O=C1c2ccccc2CN1CC1CCN(CCc2ccccc2[N+](=O)[O-])CC1. The van der Waals surface area contributed by atoms with E-state index in [-0.39, 0.29) is 28.9 Å². The zero-order valence-electron chi connectivity index (χ0n) is 16.3. The molecule has 0 atom stereocenters. The van der Waals surface area contributed by atoms with E-state index in [1.165, 1.54) is 0 Å². The fraction of sp³-hybridized carbons (Fsp3) is 0.409. The summed E-state index contributed by atoms with van der Waals surface area (Å²) in [6.45, 7) is 4.37. The van der Waals surface area contributed by atoms with Crippen molar-refractivity contribution in [2.24, 2.45) is 5.92 Å². The molecule has 4 rings (SSSR count). The number of carbonyl (C=O) groups excluding carboxylic acids is 1. The first kappa shape index (κ1) is 21.3. The van der Waals surface area contributed by atoms with Crippen LogP contribution in [0.1, 0.15) is 34.3 Å². The van der Waals surface area contributed by atoms with Crippen molar-refractivity contribution >= 4 is 24.0 Å². The molecule has 0 unspecified atom stereocenters. The molecule has 1 saturated heterocycles. The molecule has 2 aliphatic heterocycles. The molecule has 0 spiro atoms. The summed E-state index contributed by atoms with van der Waals surface area (Å²) in [6.07, 6.45) is 2.83. The molecule has 1 amide bonds. The predicted molar refractivity (Wildman–Crippen MR) is 114 cm³/mol. The highest BCUT2D eigenvalue weighted by molar-refractivity contribution is 5.98. The maximum Gasteiger partial charge on any atom is 0.272 e. The van der Waals surface area contributed by atoms with E-state index in [2.05, 4.69) is 4.90 Å². The Bertz CT molecular complexity index is 881. The van der Waals surface area contributed by atoms with Crippen LogP contribution in [-0.2, 0) is 13.0 Å². The van der Waals surface area contributed by atoms with Gasteiger partial charge in [-0.15, -0.1) is 12.4 Å². The van der Waals surface area contributed by atoms with Crippen molar-refractivity contribution in [1.82, 2.24) is 9.80 Å². The summed E-state index contributed by atoms with van der Waals surface area (Å²) in [5.41, 5.74) is 3.00. The summed E-state index contributed by atoms with van der Waals surface area (Å²) in [4.78, 5) is 27.8. The number of hydrogen-bond acceptors (Lipinski definition) is 4. The number of rotatable bonds is 6. The standard InChI is InChI=1S/C22H25N3O3.ClH/c26-22-20-7-3-1-6-19(20)16-24(22)15-17-9-12-23(13-10-17)14-11-18-5-2-4-8-21(18)25(27)28;/h1-8,17H,9-16H2;1H. The van der Waals surface area contributed by atoms with Crippen molar-refractivity contribution in [2.75, 3.05) is 26.2 Å². The summed E-state index contributed by atoms with van der Waals surface area (Å²) in [5.74, 6) is 0.690. The molecule has 0 aliphatic carbocycles. The number of para-hydroxylation sites is 1. The van der Waals surface area contributed by atoms with Gasteiger partial charge < -0.3 is 9.80 Å². The lowest BCUT2D eigenvalue weighted by Crippen LogP contribution is -2.39. The molecule has 2 heterocycles. The fourth-order valence-electron chi connectivity index (χ4n) is 4.35. The lowest BCUT2D eigenvalue weighted by atomic mass is 9.96. The number of nitro benzene ring substituents is 1. The van der Waals surface area contributed by atoms with E-state index in [4.69, 9.17) is 0 Å². The number of piperidine rings is 1. The van der Waals surface area contributed by atoms with Gasteiger partial charge in [-0.2, -0.15) is 0 Å². The number of amides is 1. The summed E-state index contributed by atoms with van der Waals surface area (Å²) in [7, 11) is 0. The largest absolute Gasteiger partial charge is 0.334 e. The first-order valence-electron chi connectivity index (χ1n) is 9.93. The highest BCUT2D eigenvalue weighted by Crippen LogP contribution is 2.26. The Morgan fingerprint density at radius 2 is 1.72 bits per heavy atom. The third-order valence-electron chi connectivity index (χ3n) is 5.97. The van der Waals surface area contributed by atoms with E-state index >= 15 is 0 Å². The van der Waals surface area contributed by atoms with Crippen LogP contribution in [0.15, 0.2) is 48.5 Å². The fourth-order valence-corrected chi connectivity index (χ4v) is 4.35. The van der Waals surface area contributed by atoms with E-state index in [1.54, 1.807) is 12.1 Å². The first-order chi connectivity index (χ1) is 13.6. The van der Waals surface area contributed by atoms with E-state index in [1.807, 2.05) is 41.3 Å². The molecule has 0 saturated carbocycles. The number of likely N-dealkylation sites (tertiary alicyclic amines) is 1. The Balaban J connectivity index is 0.00000240. The molecular formula is C22H26ClN3O3. The van der Waals surface area contributed by atoms with Crippen LogP contribution in [0.3, 0.4) is 0 Å². The van der Waals surface area contributed by atoms with E-state index in [0.29, 0.717) is 12.3 Å². The third-order valence-corrected chi connectivity index (χ3v) is 5.97. The van der Waals surface area contributed by atoms with Crippen LogP contribution < -0.4 is 0 Å². The Morgan fingerprint density at radius 1 is 1.03 bits per heavy atom. The molecule has 0 radical (unpaired) electrons. The topological polar surface area (TPSA) is 66.7 Å². The van der Waals surface area contributed by atoms with Crippen LogP contribution >= 0.6 is 12.4 Å². The summed E-state index contributed by atoms with van der Waals surface area (Å²) < 4.78 is 0. The number of halogens is 1. The molecule has 154 valence electrons. The highest BCUT2D eigenvalue weighted by Gasteiger charge is 2.30. The molecule has 29 heavy (non-hydrogen) atoms. The van der Waals surface area contributed by atoms with Crippen molar-refractivity contribution in [3.05, 3.63) is 75.3 Å². The van der Waals surface area contributed by atoms with Gasteiger partial charge in [-0.05, 0) is 49.9 Å². The van der Waals surface area contributed by atoms with Gasteiger partial charge in [-0.3, -0.25) is 14.9 Å².